The van der Waals surface area contributed by atoms with Crippen molar-refractivity contribution in [2.24, 2.45) is 0 Å². The first-order chi connectivity index (χ1) is 13.6. The summed E-state index contributed by atoms with van der Waals surface area (Å²) < 4.78 is 53.3. The Morgan fingerprint density at radius 2 is 1.69 bits per heavy atom. The molecule has 9 heteroatoms. The average molecular weight is 407 g/mol. The number of aromatic nitrogens is 1. The first kappa shape index (κ1) is 20.1. The lowest BCUT2D eigenvalue weighted by atomic mass is 10.1. The Morgan fingerprint density at radius 3 is 2.28 bits per heavy atom. The molecule has 3 rings (SSSR count). The van der Waals surface area contributed by atoms with Crippen molar-refractivity contribution in [3.63, 3.8) is 0 Å². The van der Waals surface area contributed by atoms with Crippen LogP contribution in [0.15, 0.2) is 54.7 Å². The summed E-state index contributed by atoms with van der Waals surface area (Å²) in [6.07, 6.45) is -2.59. The maximum Gasteiger partial charge on any atom is 0.416 e. The number of aliphatic carboxylic acids is 1. The van der Waals surface area contributed by atoms with Crippen LogP contribution in [-0.2, 0) is 22.3 Å². The number of fused-ring (bicyclic) bond motifs is 1. The highest BCUT2D eigenvalue weighted by atomic mass is 19.4. The second-order valence-corrected chi connectivity index (χ2v) is 6.23. The number of nitrogens with zero attached hydrogens (tertiary/aromatic N) is 1. The molecule has 0 fully saturated rings. The van der Waals surface area contributed by atoms with E-state index in [4.69, 9.17) is 5.11 Å². The molecule has 0 unspecified atom stereocenters. The lowest BCUT2D eigenvalue weighted by Crippen LogP contribution is -2.09. The van der Waals surface area contributed by atoms with Gasteiger partial charge in [0.2, 0.25) is 0 Å². The van der Waals surface area contributed by atoms with Gasteiger partial charge in [-0.05, 0) is 35.9 Å². The molecule has 2 N–H and O–H groups in total. The quantitative estimate of drug-likeness (QED) is 0.284. The van der Waals surface area contributed by atoms with Gasteiger partial charge in [-0.15, -0.1) is 0 Å². The van der Waals surface area contributed by atoms with Gasteiger partial charge in [0.1, 0.15) is 11.6 Å². The number of rotatable bonds is 5. The van der Waals surface area contributed by atoms with Crippen LogP contribution < -0.4 is 0 Å². The number of benzene rings is 2. The maximum atomic E-state index is 13.7. The highest BCUT2D eigenvalue weighted by molar-refractivity contribution is 6.38. The van der Waals surface area contributed by atoms with Crippen LogP contribution in [0, 0.1) is 5.82 Å². The molecule has 3 aromatic rings. The predicted molar refractivity (Wildman–Crippen MR) is 95.7 cm³/mol. The Hall–Kier alpha value is -3.62. The summed E-state index contributed by atoms with van der Waals surface area (Å²) in [5.74, 6) is -4.42. The van der Waals surface area contributed by atoms with E-state index >= 15 is 0 Å². The van der Waals surface area contributed by atoms with Crippen molar-refractivity contribution in [1.82, 2.24) is 4.57 Å². The number of hydrogen-bond acceptors (Lipinski definition) is 3. The van der Waals surface area contributed by atoms with Crippen LogP contribution in [0.5, 0.6) is 0 Å². The Kier molecular flexibility index (Phi) is 5.15. The van der Waals surface area contributed by atoms with Crippen molar-refractivity contribution in [3.8, 4) is 0 Å². The Bertz CT molecular complexity index is 1130. The van der Waals surface area contributed by atoms with Crippen molar-refractivity contribution in [2.75, 3.05) is 0 Å². The highest BCUT2D eigenvalue weighted by Crippen LogP contribution is 2.30. The number of hydrogen-bond donors (Lipinski definition) is 2. The van der Waals surface area contributed by atoms with E-state index in [-0.39, 0.29) is 17.5 Å². The third-order valence-corrected chi connectivity index (χ3v) is 4.23. The number of carboxylic acid groups (broad SMARTS) is 1. The Balaban J connectivity index is 2.03. The number of ketones is 1. The Labute approximate surface area is 161 Å². The summed E-state index contributed by atoms with van der Waals surface area (Å²) in [5.41, 5.74) is 0.162. The zero-order chi connectivity index (χ0) is 21.3. The molecular formula is C20H13F4NO4. The Morgan fingerprint density at radius 1 is 1.03 bits per heavy atom. The van der Waals surface area contributed by atoms with Gasteiger partial charge in [0.15, 0.2) is 0 Å². The number of carbonyl (C=O) groups is 2. The number of carboxylic acids is 1. The second kappa shape index (κ2) is 7.42. The summed E-state index contributed by atoms with van der Waals surface area (Å²) >= 11 is 0. The topological polar surface area (TPSA) is 79.5 Å². The fourth-order valence-corrected chi connectivity index (χ4v) is 2.86. The van der Waals surface area contributed by atoms with Crippen LogP contribution in [0.1, 0.15) is 16.7 Å². The number of halogens is 4. The van der Waals surface area contributed by atoms with E-state index < -0.39 is 35.1 Å². The summed E-state index contributed by atoms with van der Waals surface area (Å²) in [6, 6.07) is 8.13. The monoisotopic (exact) mass is 407 g/mol. The molecule has 1 aromatic heterocycles. The van der Waals surface area contributed by atoms with Crippen LogP contribution >= 0.6 is 0 Å². The van der Waals surface area contributed by atoms with Crippen LogP contribution in [0.4, 0.5) is 17.6 Å². The fraction of sp³-hybridized carbons (Fsp3) is 0.100. The van der Waals surface area contributed by atoms with Gasteiger partial charge >= 0.3 is 12.1 Å². The fourth-order valence-electron chi connectivity index (χ4n) is 2.86. The van der Waals surface area contributed by atoms with Crippen molar-refractivity contribution in [3.05, 3.63) is 77.2 Å². The minimum absolute atomic E-state index is 0.0148. The minimum atomic E-state index is -4.46. The summed E-state index contributed by atoms with van der Waals surface area (Å²) in [6.45, 7) is 0.0976. The molecule has 0 saturated carbocycles. The van der Waals surface area contributed by atoms with Gasteiger partial charge in [0.25, 0.3) is 5.78 Å². The molecule has 2 aromatic carbocycles. The molecule has 0 amide bonds. The number of aliphatic hydroxyl groups is 1. The first-order valence-corrected chi connectivity index (χ1v) is 8.19. The normalized spacial score (nSPS) is 12.3. The van der Waals surface area contributed by atoms with Gasteiger partial charge in [0, 0.05) is 35.3 Å². The molecule has 29 heavy (non-hydrogen) atoms. The molecule has 0 spiro atoms. The van der Waals surface area contributed by atoms with E-state index in [0.29, 0.717) is 17.2 Å². The number of alkyl halides is 3. The molecule has 0 aliphatic rings. The van der Waals surface area contributed by atoms with Crippen molar-refractivity contribution in [2.45, 2.75) is 12.7 Å². The SMILES string of the molecule is O=C(O)C(=O)/C=C(\O)c1cn(Cc2ccc(C(F)(F)F)cc2)c2ccc(F)cc12. The molecule has 0 radical (unpaired) electrons. The minimum Gasteiger partial charge on any atom is -0.507 e. The maximum absolute atomic E-state index is 13.7. The van der Waals surface area contributed by atoms with Crippen LogP contribution in [0.25, 0.3) is 16.7 Å². The molecule has 0 bridgehead atoms. The van der Waals surface area contributed by atoms with Gasteiger partial charge in [-0.25, -0.2) is 9.18 Å². The van der Waals surface area contributed by atoms with E-state index in [1.54, 1.807) is 4.57 Å². The van der Waals surface area contributed by atoms with Crippen molar-refractivity contribution >= 4 is 28.4 Å². The first-order valence-electron chi connectivity index (χ1n) is 8.19. The molecule has 0 aliphatic heterocycles. The van der Waals surface area contributed by atoms with Crippen LogP contribution in [-0.4, -0.2) is 26.5 Å². The van der Waals surface area contributed by atoms with E-state index in [9.17, 15) is 32.3 Å². The van der Waals surface area contributed by atoms with Crippen molar-refractivity contribution in [1.29, 1.82) is 0 Å². The third-order valence-electron chi connectivity index (χ3n) is 4.23. The lowest BCUT2D eigenvalue weighted by Gasteiger charge is -2.09. The zero-order valence-corrected chi connectivity index (χ0v) is 14.6. The van der Waals surface area contributed by atoms with E-state index in [1.807, 2.05) is 0 Å². The average Bonchev–Trinajstić information content (AvgIpc) is 2.99. The predicted octanol–water partition coefficient (Wildman–Crippen LogP) is 4.40. The van der Waals surface area contributed by atoms with Gasteiger partial charge in [0.05, 0.1) is 5.56 Å². The smallest absolute Gasteiger partial charge is 0.416 e. The lowest BCUT2D eigenvalue weighted by molar-refractivity contribution is -0.146. The molecule has 0 atom stereocenters. The number of aliphatic hydroxyl groups excluding tert-OH is 1. The molecular weight excluding hydrogens is 394 g/mol. The summed E-state index contributed by atoms with van der Waals surface area (Å²) in [4.78, 5) is 22.0. The molecule has 0 saturated heterocycles. The standard InChI is InChI=1S/C20H13F4NO4/c21-13-5-6-16-14(7-13)15(17(26)8-18(27)19(28)29)10-25(16)9-11-1-3-12(4-2-11)20(22,23)24/h1-8,10,26H,9H2,(H,28,29)/b17-8-. The zero-order valence-electron chi connectivity index (χ0n) is 14.6. The highest BCUT2D eigenvalue weighted by Gasteiger charge is 2.30. The van der Waals surface area contributed by atoms with E-state index in [2.05, 4.69) is 0 Å². The van der Waals surface area contributed by atoms with Crippen LogP contribution in [0.3, 0.4) is 0 Å². The molecule has 150 valence electrons. The van der Waals surface area contributed by atoms with E-state index in [0.717, 1.165) is 18.2 Å². The van der Waals surface area contributed by atoms with Gasteiger partial charge in [-0.2, -0.15) is 13.2 Å². The summed E-state index contributed by atoms with van der Waals surface area (Å²) in [5, 5.41) is 19.0. The summed E-state index contributed by atoms with van der Waals surface area (Å²) in [7, 11) is 0. The largest absolute Gasteiger partial charge is 0.507 e. The number of carbonyl (C=O) groups excluding carboxylic acids is 1. The van der Waals surface area contributed by atoms with Gasteiger partial charge < -0.3 is 14.8 Å². The molecule has 0 aliphatic carbocycles. The molecule has 1 heterocycles. The second-order valence-electron chi connectivity index (χ2n) is 6.23. The van der Waals surface area contributed by atoms with Gasteiger partial charge in [-0.1, -0.05) is 12.1 Å². The van der Waals surface area contributed by atoms with Crippen LogP contribution in [0.2, 0.25) is 0 Å². The van der Waals surface area contributed by atoms with Crippen molar-refractivity contribution < 1.29 is 37.4 Å². The molecule has 5 nitrogen and oxygen atoms in total. The third kappa shape index (κ3) is 4.29. The van der Waals surface area contributed by atoms with Gasteiger partial charge in [-0.3, -0.25) is 4.79 Å². The van der Waals surface area contributed by atoms with E-state index in [1.165, 1.54) is 30.5 Å².